The zero-order chi connectivity index (χ0) is 22.2. The molecule has 1 aliphatic carbocycles. The summed E-state index contributed by atoms with van der Waals surface area (Å²) in [5.41, 5.74) is 1.37. The average Bonchev–Trinajstić information content (AvgIpc) is 2.79. The van der Waals surface area contributed by atoms with Crippen LogP contribution in [0.5, 0.6) is 0 Å². The van der Waals surface area contributed by atoms with E-state index in [1.165, 1.54) is 5.56 Å². The fraction of sp³-hybridized carbons (Fsp3) is 0.692. The van der Waals surface area contributed by atoms with Gasteiger partial charge in [0.15, 0.2) is 0 Å². The first-order chi connectivity index (χ1) is 15.0. The van der Waals surface area contributed by atoms with Crippen molar-refractivity contribution in [3.63, 3.8) is 0 Å². The van der Waals surface area contributed by atoms with Gasteiger partial charge in [0, 0.05) is 30.4 Å². The summed E-state index contributed by atoms with van der Waals surface area (Å²) in [5.74, 6) is 1.00. The standard InChI is InChI=1S/C26H41N3O2/c1-4-20(3)24(28-25(30)22-12-10-19(2)11-13-22)26(31)27-23-14-16-29(17-15-23)18-21-8-6-5-7-9-21/h5-9,19-20,22-24H,4,10-18H2,1-3H3,(H,27,31)(H,28,30)/p+1/t19?,20-,22?,24-/m0/s1. The number of nitrogens with one attached hydrogen (secondary N) is 3. The molecule has 0 aromatic heterocycles. The molecule has 1 saturated carbocycles. The molecule has 1 aromatic rings. The van der Waals surface area contributed by atoms with Gasteiger partial charge < -0.3 is 15.5 Å². The van der Waals surface area contributed by atoms with Crippen LogP contribution in [-0.2, 0) is 16.1 Å². The van der Waals surface area contributed by atoms with Crippen LogP contribution in [0.3, 0.4) is 0 Å². The van der Waals surface area contributed by atoms with Gasteiger partial charge in [0.1, 0.15) is 12.6 Å². The number of piperidine rings is 1. The van der Waals surface area contributed by atoms with Gasteiger partial charge in [0.2, 0.25) is 11.8 Å². The molecule has 2 fully saturated rings. The summed E-state index contributed by atoms with van der Waals surface area (Å²) in [6, 6.07) is 10.4. The van der Waals surface area contributed by atoms with Crippen molar-refractivity contribution in [3.05, 3.63) is 35.9 Å². The molecule has 1 saturated heterocycles. The van der Waals surface area contributed by atoms with E-state index in [4.69, 9.17) is 0 Å². The minimum absolute atomic E-state index is 0.00314. The predicted molar refractivity (Wildman–Crippen MR) is 125 cm³/mol. The van der Waals surface area contributed by atoms with Crippen molar-refractivity contribution >= 4 is 11.8 Å². The minimum atomic E-state index is -0.424. The molecule has 0 bridgehead atoms. The summed E-state index contributed by atoms with van der Waals surface area (Å²) in [4.78, 5) is 27.6. The monoisotopic (exact) mass is 428 g/mol. The van der Waals surface area contributed by atoms with Crippen molar-refractivity contribution in [1.29, 1.82) is 0 Å². The van der Waals surface area contributed by atoms with Gasteiger partial charge in [0.25, 0.3) is 0 Å². The second-order valence-electron chi connectivity index (χ2n) is 10.0. The molecule has 1 aliphatic heterocycles. The molecule has 0 spiro atoms. The zero-order valence-corrected chi connectivity index (χ0v) is 19.7. The summed E-state index contributed by atoms with van der Waals surface area (Å²) in [7, 11) is 0. The highest BCUT2D eigenvalue weighted by Gasteiger charge is 2.32. The average molecular weight is 429 g/mol. The lowest BCUT2D eigenvalue weighted by Crippen LogP contribution is -3.12. The third kappa shape index (κ3) is 7.06. The molecule has 2 aliphatic rings. The molecule has 1 aromatic carbocycles. The molecule has 3 N–H and O–H groups in total. The van der Waals surface area contributed by atoms with Crippen molar-refractivity contribution in [2.75, 3.05) is 13.1 Å². The van der Waals surface area contributed by atoms with Gasteiger partial charge in [-0.1, -0.05) is 57.5 Å². The number of rotatable bonds is 8. The van der Waals surface area contributed by atoms with Crippen LogP contribution in [0.4, 0.5) is 0 Å². The highest BCUT2D eigenvalue weighted by Crippen LogP contribution is 2.28. The Bertz CT molecular complexity index is 692. The molecule has 2 amide bonds. The molecular weight excluding hydrogens is 386 g/mol. The Balaban J connectivity index is 1.48. The number of hydrogen-bond acceptors (Lipinski definition) is 2. The maximum absolute atomic E-state index is 13.1. The number of likely N-dealkylation sites (tertiary alicyclic amines) is 1. The molecule has 2 atom stereocenters. The Morgan fingerprint density at radius 3 is 2.29 bits per heavy atom. The second kappa shape index (κ2) is 11.7. The van der Waals surface area contributed by atoms with E-state index in [0.29, 0.717) is 5.92 Å². The fourth-order valence-electron chi connectivity index (χ4n) is 5.02. The first-order valence-electron chi connectivity index (χ1n) is 12.4. The first-order valence-corrected chi connectivity index (χ1v) is 12.4. The lowest BCUT2D eigenvalue weighted by Gasteiger charge is -2.33. The Morgan fingerprint density at radius 1 is 1.03 bits per heavy atom. The van der Waals surface area contributed by atoms with E-state index in [1.807, 2.05) is 0 Å². The number of amides is 2. The van der Waals surface area contributed by atoms with E-state index in [0.717, 1.165) is 64.6 Å². The number of quaternary nitrogens is 1. The summed E-state index contributed by atoms with van der Waals surface area (Å²) in [5, 5.41) is 6.39. The van der Waals surface area contributed by atoms with Crippen molar-refractivity contribution in [2.24, 2.45) is 17.8 Å². The summed E-state index contributed by atoms with van der Waals surface area (Å²) < 4.78 is 0. The molecule has 0 unspecified atom stereocenters. The normalized spacial score (nSPS) is 28.4. The lowest BCUT2D eigenvalue weighted by molar-refractivity contribution is -0.918. The largest absolute Gasteiger partial charge is 0.351 e. The van der Waals surface area contributed by atoms with Crippen LogP contribution in [0.25, 0.3) is 0 Å². The Hall–Kier alpha value is -1.88. The minimum Gasteiger partial charge on any atom is -0.351 e. The van der Waals surface area contributed by atoms with Gasteiger partial charge >= 0.3 is 0 Å². The van der Waals surface area contributed by atoms with E-state index < -0.39 is 6.04 Å². The van der Waals surface area contributed by atoms with Gasteiger partial charge in [-0.05, 0) is 37.5 Å². The fourth-order valence-corrected chi connectivity index (χ4v) is 5.02. The molecule has 172 valence electrons. The smallest absolute Gasteiger partial charge is 0.243 e. The van der Waals surface area contributed by atoms with Gasteiger partial charge in [-0.25, -0.2) is 0 Å². The highest BCUT2D eigenvalue weighted by atomic mass is 16.2. The molecule has 5 nitrogen and oxygen atoms in total. The topological polar surface area (TPSA) is 62.6 Å². The summed E-state index contributed by atoms with van der Waals surface area (Å²) >= 11 is 0. The predicted octanol–water partition coefficient (Wildman–Crippen LogP) is 2.71. The van der Waals surface area contributed by atoms with Gasteiger partial charge in [-0.3, -0.25) is 9.59 Å². The lowest BCUT2D eigenvalue weighted by atomic mass is 9.82. The third-order valence-corrected chi connectivity index (χ3v) is 7.52. The number of carbonyl (C=O) groups excluding carboxylic acids is 2. The Kier molecular flexibility index (Phi) is 8.94. The molecular formula is C26H42N3O2+. The van der Waals surface area contributed by atoms with Gasteiger partial charge in [-0.15, -0.1) is 0 Å². The van der Waals surface area contributed by atoms with Crippen LogP contribution in [0.1, 0.15) is 71.3 Å². The van der Waals surface area contributed by atoms with Crippen LogP contribution in [-0.4, -0.2) is 37.0 Å². The molecule has 1 heterocycles. The number of benzene rings is 1. The van der Waals surface area contributed by atoms with Crippen molar-refractivity contribution < 1.29 is 14.5 Å². The summed E-state index contributed by atoms with van der Waals surface area (Å²) in [6.45, 7) is 9.61. The van der Waals surface area contributed by atoms with Crippen LogP contribution >= 0.6 is 0 Å². The van der Waals surface area contributed by atoms with Crippen molar-refractivity contribution in [3.8, 4) is 0 Å². The van der Waals surface area contributed by atoms with Crippen molar-refractivity contribution in [2.45, 2.75) is 84.3 Å². The van der Waals surface area contributed by atoms with Crippen LogP contribution in [0, 0.1) is 17.8 Å². The van der Waals surface area contributed by atoms with Gasteiger partial charge in [0.05, 0.1) is 13.1 Å². The second-order valence-corrected chi connectivity index (χ2v) is 10.0. The Morgan fingerprint density at radius 2 is 1.68 bits per heavy atom. The maximum Gasteiger partial charge on any atom is 0.243 e. The van der Waals surface area contributed by atoms with Crippen LogP contribution < -0.4 is 15.5 Å². The molecule has 31 heavy (non-hydrogen) atoms. The van der Waals surface area contributed by atoms with Crippen LogP contribution in [0.15, 0.2) is 30.3 Å². The highest BCUT2D eigenvalue weighted by molar-refractivity contribution is 5.88. The van der Waals surface area contributed by atoms with Gasteiger partial charge in [-0.2, -0.15) is 0 Å². The van der Waals surface area contributed by atoms with E-state index >= 15 is 0 Å². The molecule has 0 radical (unpaired) electrons. The first kappa shape index (κ1) is 23.8. The van der Waals surface area contributed by atoms with E-state index in [1.54, 1.807) is 4.90 Å². The quantitative estimate of drug-likeness (QED) is 0.596. The molecule has 5 heteroatoms. The number of hydrogen-bond donors (Lipinski definition) is 3. The van der Waals surface area contributed by atoms with Crippen LogP contribution in [0.2, 0.25) is 0 Å². The Labute approximate surface area is 188 Å². The van der Waals surface area contributed by atoms with E-state index in [-0.39, 0.29) is 29.7 Å². The number of carbonyl (C=O) groups is 2. The molecule has 3 rings (SSSR count). The summed E-state index contributed by atoms with van der Waals surface area (Å²) in [6.07, 6.45) is 6.99. The third-order valence-electron chi connectivity index (χ3n) is 7.52. The van der Waals surface area contributed by atoms with E-state index in [9.17, 15) is 9.59 Å². The maximum atomic E-state index is 13.1. The SMILES string of the molecule is CC[C@H](C)[C@H](NC(=O)C1CCC(C)CC1)C(=O)NC1CC[NH+](Cc2ccccc2)CC1. The van der Waals surface area contributed by atoms with E-state index in [2.05, 4.69) is 61.7 Å². The van der Waals surface area contributed by atoms with Crippen molar-refractivity contribution in [1.82, 2.24) is 10.6 Å². The zero-order valence-electron chi connectivity index (χ0n) is 19.7.